The van der Waals surface area contributed by atoms with Gasteiger partial charge in [-0.1, -0.05) is 15.9 Å². The van der Waals surface area contributed by atoms with Gasteiger partial charge < -0.3 is 10.6 Å². The van der Waals surface area contributed by atoms with E-state index in [0.29, 0.717) is 16.9 Å². The maximum Gasteiger partial charge on any atom is 0.292 e. The van der Waals surface area contributed by atoms with Crippen LogP contribution in [0.3, 0.4) is 0 Å². The SMILES string of the molecule is CNc1cc(C(=O)Nc2ccc(Br)cc2)ccc1[N+](=O)[O-]. The van der Waals surface area contributed by atoms with E-state index in [1.54, 1.807) is 19.2 Å². The number of hydrogen-bond donors (Lipinski definition) is 2. The topological polar surface area (TPSA) is 84.3 Å². The maximum absolute atomic E-state index is 12.1. The molecule has 0 aliphatic carbocycles. The zero-order valence-corrected chi connectivity index (χ0v) is 12.7. The van der Waals surface area contributed by atoms with Crippen LogP contribution < -0.4 is 10.6 Å². The molecule has 0 fully saturated rings. The van der Waals surface area contributed by atoms with Gasteiger partial charge in [0, 0.05) is 28.8 Å². The van der Waals surface area contributed by atoms with Crippen LogP contribution in [0.15, 0.2) is 46.9 Å². The highest BCUT2D eigenvalue weighted by Gasteiger charge is 2.15. The molecule has 6 nitrogen and oxygen atoms in total. The first-order valence-corrected chi connectivity index (χ1v) is 6.83. The predicted molar refractivity (Wildman–Crippen MR) is 84.7 cm³/mol. The molecule has 0 aromatic heterocycles. The van der Waals surface area contributed by atoms with Crippen LogP contribution >= 0.6 is 15.9 Å². The number of nitro groups is 1. The van der Waals surface area contributed by atoms with Crippen LogP contribution in [0, 0.1) is 10.1 Å². The van der Waals surface area contributed by atoms with E-state index in [1.807, 2.05) is 12.1 Å². The van der Waals surface area contributed by atoms with Crippen molar-refractivity contribution in [3.05, 3.63) is 62.6 Å². The van der Waals surface area contributed by atoms with Crippen molar-refractivity contribution in [2.24, 2.45) is 0 Å². The molecule has 108 valence electrons. The van der Waals surface area contributed by atoms with Crippen LogP contribution in [0.1, 0.15) is 10.4 Å². The maximum atomic E-state index is 12.1. The summed E-state index contributed by atoms with van der Waals surface area (Å²) in [5, 5.41) is 16.3. The predicted octanol–water partition coefficient (Wildman–Crippen LogP) is 3.65. The molecule has 0 spiro atoms. The lowest BCUT2D eigenvalue weighted by Crippen LogP contribution is -2.12. The quantitative estimate of drug-likeness (QED) is 0.651. The summed E-state index contributed by atoms with van der Waals surface area (Å²) in [6.07, 6.45) is 0. The Morgan fingerprint density at radius 1 is 1.19 bits per heavy atom. The average Bonchev–Trinajstić information content (AvgIpc) is 2.48. The van der Waals surface area contributed by atoms with Crippen molar-refractivity contribution in [1.29, 1.82) is 0 Å². The number of rotatable bonds is 4. The van der Waals surface area contributed by atoms with Gasteiger partial charge >= 0.3 is 0 Å². The van der Waals surface area contributed by atoms with Crippen molar-refractivity contribution >= 4 is 38.9 Å². The van der Waals surface area contributed by atoms with E-state index in [2.05, 4.69) is 26.6 Å². The number of benzene rings is 2. The summed E-state index contributed by atoms with van der Waals surface area (Å²) in [6.45, 7) is 0. The van der Waals surface area contributed by atoms with Crippen molar-refractivity contribution in [1.82, 2.24) is 0 Å². The number of nitrogens with zero attached hydrogens (tertiary/aromatic N) is 1. The fraction of sp³-hybridized carbons (Fsp3) is 0.0714. The molecule has 0 radical (unpaired) electrons. The van der Waals surface area contributed by atoms with Crippen LogP contribution in [-0.4, -0.2) is 17.9 Å². The van der Waals surface area contributed by atoms with Gasteiger partial charge in [-0.15, -0.1) is 0 Å². The molecular weight excluding hydrogens is 338 g/mol. The largest absolute Gasteiger partial charge is 0.383 e. The van der Waals surface area contributed by atoms with Crippen molar-refractivity contribution < 1.29 is 9.72 Å². The first-order chi connectivity index (χ1) is 10.0. The summed E-state index contributed by atoms with van der Waals surface area (Å²) in [4.78, 5) is 22.5. The molecule has 0 aliphatic rings. The number of anilines is 2. The normalized spacial score (nSPS) is 10.0. The van der Waals surface area contributed by atoms with E-state index in [0.717, 1.165) is 4.47 Å². The fourth-order valence-corrected chi connectivity index (χ4v) is 2.04. The third-order valence-corrected chi connectivity index (χ3v) is 3.36. The van der Waals surface area contributed by atoms with E-state index in [9.17, 15) is 14.9 Å². The van der Waals surface area contributed by atoms with Gasteiger partial charge in [0.2, 0.25) is 0 Å². The minimum atomic E-state index is -0.498. The lowest BCUT2D eigenvalue weighted by Gasteiger charge is -2.07. The molecule has 2 aromatic carbocycles. The Labute approximate surface area is 129 Å². The monoisotopic (exact) mass is 349 g/mol. The Balaban J connectivity index is 2.23. The average molecular weight is 350 g/mol. The number of amides is 1. The second-order valence-electron chi connectivity index (χ2n) is 4.20. The molecular formula is C14H12BrN3O3. The third kappa shape index (κ3) is 3.57. The highest BCUT2D eigenvalue weighted by atomic mass is 79.9. The highest BCUT2D eigenvalue weighted by Crippen LogP contribution is 2.25. The third-order valence-electron chi connectivity index (χ3n) is 2.83. The molecule has 2 rings (SSSR count). The Morgan fingerprint density at radius 3 is 2.43 bits per heavy atom. The van der Waals surface area contributed by atoms with Gasteiger partial charge in [0.25, 0.3) is 11.6 Å². The van der Waals surface area contributed by atoms with E-state index in [1.165, 1.54) is 18.2 Å². The molecule has 7 heteroatoms. The van der Waals surface area contributed by atoms with Crippen LogP contribution in [-0.2, 0) is 0 Å². The van der Waals surface area contributed by atoms with Gasteiger partial charge in [-0.25, -0.2) is 0 Å². The van der Waals surface area contributed by atoms with Crippen molar-refractivity contribution in [3.63, 3.8) is 0 Å². The zero-order valence-electron chi connectivity index (χ0n) is 11.1. The summed E-state index contributed by atoms with van der Waals surface area (Å²) in [6, 6.07) is 11.3. The lowest BCUT2D eigenvalue weighted by molar-refractivity contribution is -0.383. The number of halogens is 1. The molecule has 0 aliphatic heterocycles. The summed E-state index contributed by atoms with van der Waals surface area (Å²) in [5.41, 5.74) is 1.21. The molecule has 21 heavy (non-hydrogen) atoms. The van der Waals surface area contributed by atoms with E-state index in [-0.39, 0.29) is 11.6 Å². The van der Waals surface area contributed by atoms with E-state index >= 15 is 0 Å². The Bertz CT molecular complexity index is 686. The number of nitro benzene ring substituents is 1. The first-order valence-electron chi connectivity index (χ1n) is 6.04. The van der Waals surface area contributed by atoms with Gasteiger partial charge in [-0.05, 0) is 36.4 Å². The lowest BCUT2D eigenvalue weighted by atomic mass is 10.1. The Hall–Kier alpha value is -2.41. The van der Waals surface area contributed by atoms with Crippen molar-refractivity contribution in [2.75, 3.05) is 17.7 Å². The Kier molecular flexibility index (Phi) is 4.54. The van der Waals surface area contributed by atoms with Gasteiger partial charge in [0.1, 0.15) is 5.69 Å². The van der Waals surface area contributed by atoms with Crippen LogP contribution in [0.25, 0.3) is 0 Å². The molecule has 0 heterocycles. The van der Waals surface area contributed by atoms with Gasteiger partial charge in [0.05, 0.1) is 4.92 Å². The molecule has 2 N–H and O–H groups in total. The molecule has 0 saturated heterocycles. The van der Waals surface area contributed by atoms with Gasteiger partial charge in [-0.3, -0.25) is 14.9 Å². The second kappa shape index (κ2) is 6.36. The molecule has 0 bridgehead atoms. The minimum Gasteiger partial charge on any atom is -0.383 e. The highest BCUT2D eigenvalue weighted by molar-refractivity contribution is 9.10. The summed E-state index contributed by atoms with van der Waals surface area (Å²) >= 11 is 3.31. The smallest absolute Gasteiger partial charge is 0.292 e. The van der Waals surface area contributed by atoms with E-state index < -0.39 is 4.92 Å². The summed E-state index contributed by atoms with van der Waals surface area (Å²) in [5.74, 6) is -0.330. The minimum absolute atomic E-state index is 0.0716. The molecule has 2 aromatic rings. The molecule has 1 amide bonds. The van der Waals surface area contributed by atoms with Crippen molar-refractivity contribution in [2.45, 2.75) is 0 Å². The first kappa shape index (κ1) is 15.0. The Morgan fingerprint density at radius 2 is 1.86 bits per heavy atom. The molecule has 0 unspecified atom stereocenters. The van der Waals surface area contributed by atoms with Crippen LogP contribution in [0.2, 0.25) is 0 Å². The zero-order chi connectivity index (χ0) is 15.4. The summed E-state index contributed by atoms with van der Waals surface area (Å²) in [7, 11) is 1.57. The fourth-order valence-electron chi connectivity index (χ4n) is 1.77. The number of nitrogens with one attached hydrogen (secondary N) is 2. The molecule has 0 atom stereocenters. The summed E-state index contributed by atoms with van der Waals surface area (Å²) < 4.78 is 0.910. The van der Waals surface area contributed by atoms with Gasteiger partial charge in [0.15, 0.2) is 0 Å². The number of carbonyl (C=O) groups excluding carboxylic acids is 1. The number of hydrogen-bond acceptors (Lipinski definition) is 4. The van der Waals surface area contributed by atoms with Crippen molar-refractivity contribution in [3.8, 4) is 0 Å². The van der Waals surface area contributed by atoms with Crippen LogP contribution in [0.4, 0.5) is 17.1 Å². The molecule has 0 saturated carbocycles. The standard InChI is InChI=1S/C14H12BrN3O3/c1-16-12-8-9(2-7-13(12)18(20)21)14(19)17-11-5-3-10(15)4-6-11/h2-8,16H,1H3,(H,17,19). The second-order valence-corrected chi connectivity index (χ2v) is 5.12. The van der Waals surface area contributed by atoms with E-state index in [4.69, 9.17) is 0 Å². The number of carbonyl (C=O) groups is 1. The van der Waals surface area contributed by atoms with Gasteiger partial charge in [-0.2, -0.15) is 0 Å². The van der Waals surface area contributed by atoms with Crippen LogP contribution in [0.5, 0.6) is 0 Å².